The second-order valence-corrected chi connectivity index (χ2v) is 4.81. The number of hydroxylamine groups is 2. The van der Waals surface area contributed by atoms with Crippen molar-refractivity contribution in [2.45, 2.75) is 0 Å². The Morgan fingerprint density at radius 3 is 2.58 bits per heavy atom. The van der Waals surface area contributed by atoms with Crippen LogP contribution in [0.1, 0.15) is 5.56 Å². The normalized spacial score (nSPS) is 15.1. The minimum atomic E-state index is 0.0202. The molecule has 0 aromatic heterocycles. The highest BCUT2D eigenvalue weighted by Crippen LogP contribution is 2.22. The standard InChI is InChI=1S/C10H6Cl4N4O/c11-7-2-1-3-8(12)6(7)4-15-19-18-5-9(13)16-17-10(18)14/h1-5,16H/b15-4+. The van der Waals surface area contributed by atoms with Crippen LogP contribution in [0.2, 0.25) is 10.0 Å². The third kappa shape index (κ3) is 3.67. The Kier molecular flexibility index (Phi) is 4.76. The van der Waals surface area contributed by atoms with Crippen LogP contribution in [-0.4, -0.2) is 16.6 Å². The molecule has 1 aliphatic heterocycles. The predicted molar refractivity (Wildman–Crippen MR) is 77.3 cm³/mol. The summed E-state index contributed by atoms with van der Waals surface area (Å²) in [4.78, 5) is 5.00. The van der Waals surface area contributed by atoms with Gasteiger partial charge in [0.15, 0.2) is 0 Å². The van der Waals surface area contributed by atoms with Gasteiger partial charge in [0.1, 0.15) is 5.16 Å². The first-order chi connectivity index (χ1) is 9.08. The Bertz CT molecular complexity index is 552. The summed E-state index contributed by atoms with van der Waals surface area (Å²) in [6, 6.07) is 5.10. The molecule has 0 spiro atoms. The average Bonchev–Trinajstić information content (AvgIpc) is 2.37. The minimum absolute atomic E-state index is 0.0202. The summed E-state index contributed by atoms with van der Waals surface area (Å²) in [7, 11) is 0. The minimum Gasteiger partial charge on any atom is -0.263 e. The molecule has 0 saturated heterocycles. The van der Waals surface area contributed by atoms with E-state index in [9.17, 15) is 0 Å². The van der Waals surface area contributed by atoms with Gasteiger partial charge in [0.05, 0.1) is 22.5 Å². The first-order valence-electron chi connectivity index (χ1n) is 4.88. The molecule has 0 amide bonds. The lowest BCUT2D eigenvalue weighted by atomic mass is 10.2. The number of nitrogens with one attached hydrogen (secondary N) is 1. The molecular formula is C10H6Cl4N4O. The van der Waals surface area contributed by atoms with Crippen LogP contribution in [0.3, 0.4) is 0 Å². The zero-order valence-electron chi connectivity index (χ0n) is 9.15. The number of nitrogens with zero attached hydrogens (tertiary/aromatic N) is 3. The molecule has 0 fully saturated rings. The molecule has 5 nitrogen and oxygen atoms in total. The molecule has 1 aliphatic rings. The second kappa shape index (κ2) is 6.34. The summed E-state index contributed by atoms with van der Waals surface area (Å²) in [5.41, 5.74) is 2.99. The number of hydrazone groups is 1. The molecule has 0 aliphatic carbocycles. The third-order valence-electron chi connectivity index (χ3n) is 1.98. The maximum absolute atomic E-state index is 5.97. The van der Waals surface area contributed by atoms with Gasteiger partial charge < -0.3 is 0 Å². The quantitative estimate of drug-likeness (QED) is 0.518. The van der Waals surface area contributed by atoms with Gasteiger partial charge in [0.25, 0.3) is 5.29 Å². The van der Waals surface area contributed by atoms with Crippen molar-refractivity contribution in [3.8, 4) is 0 Å². The number of amidine groups is 1. The molecule has 0 atom stereocenters. The van der Waals surface area contributed by atoms with Crippen LogP contribution in [0.15, 0.2) is 39.8 Å². The van der Waals surface area contributed by atoms with Crippen molar-refractivity contribution in [1.82, 2.24) is 10.5 Å². The largest absolute Gasteiger partial charge is 0.263 e. The van der Waals surface area contributed by atoms with Gasteiger partial charge in [-0.1, -0.05) is 46.0 Å². The molecule has 0 bridgehead atoms. The summed E-state index contributed by atoms with van der Waals surface area (Å²) in [5.74, 6) is 0. The molecule has 19 heavy (non-hydrogen) atoms. The SMILES string of the molecule is ClC1=CN(O/N=C/c2c(Cl)cccc2Cl)C(Cl)=NN1. The van der Waals surface area contributed by atoms with Gasteiger partial charge in [0.2, 0.25) is 0 Å². The van der Waals surface area contributed by atoms with E-state index in [1.807, 2.05) is 0 Å². The molecule has 100 valence electrons. The van der Waals surface area contributed by atoms with E-state index in [0.29, 0.717) is 15.6 Å². The van der Waals surface area contributed by atoms with Crippen molar-refractivity contribution in [1.29, 1.82) is 0 Å². The van der Waals surface area contributed by atoms with Crippen molar-refractivity contribution in [2.24, 2.45) is 10.3 Å². The lowest BCUT2D eigenvalue weighted by molar-refractivity contribution is -0.0576. The van der Waals surface area contributed by atoms with Crippen molar-refractivity contribution in [3.63, 3.8) is 0 Å². The highest BCUT2D eigenvalue weighted by atomic mass is 35.5. The Morgan fingerprint density at radius 1 is 1.21 bits per heavy atom. The number of hydrogen-bond donors (Lipinski definition) is 1. The van der Waals surface area contributed by atoms with Crippen molar-refractivity contribution < 1.29 is 4.94 Å². The fourth-order valence-corrected chi connectivity index (χ4v) is 1.90. The molecule has 1 heterocycles. The monoisotopic (exact) mass is 338 g/mol. The van der Waals surface area contributed by atoms with Gasteiger partial charge >= 0.3 is 0 Å². The summed E-state index contributed by atoms with van der Waals surface area (Å²) < 4.78 is 0. The van der Waals surface area contributed by atoms with Crippen LogP contribution in [0, 0.1) is 0 Å². The van der Waals surface area contributed by atoms with Gasteiger partial charge in [-0.25, -0.2) is 0 Å². The van der Waals surface area contributed by atoms with E-state index in [1.165, 1.54) is 12.4 Å². The summed E-state index contributed by atoms with van der Waals surface area (Å²) in [6.45, 7) is 0. The molecule has 0 unspecified atom stereocenters. The van der Waals surface area contributed by atoms with E-state index in [2.05, 4.69) is 15.7 Å². The molecule has 1 aromatic rings. The van der Waals surface area contributed by atoms with Crippen molar-refractivity contribution in [3.05, 3.63) is 45.2 Å². The highest BCUT2D eigenvalue weighted by Gasteiger charge is 2.13. The highest BCUT2D eigenvalue weighted by molar-refractivity contribution is 6.64. The molecule has 1 N–H and O–H groups in total. The van der Waals surface area contributed by atoms with Gasteiger partial charge in [-0.3, -0.25) is 10.4 Å². The second-order valence-electron chi connectivity index (χ2n) is 3.25. The lowest BCUT2D eigenvalue weighted by Crippen LogP contribution is -2.27. The molecule has 0 radical (unpaired) electrons. The number of hydrogen-bond acceptors (Lipinski definition) is 5. The van der Waals surface area contributed by atoms with Crippen LogP contribution in [0.5, 0.6) is 0 Å². The fourth-order valence-electron chi connectivity index (χ4n) is 1.15. The maximum atomic E-state index is 5.97. The predicted octanol–water partition coefficient (Wildman–Crippen LogP) is 3.71. The van der Waals surface area contributed by atoms with Crippen LogP contribution >= 0.6 is 46.4 Å². The third-order valence-corrected chi connectivity index (χ3v) is 3.08. The molecule has 2 rings (SSSR count). The van der Waals surface area contributed by atoms with E-state index in [0.717, 1.165) is 5.06 Å². The van der Waals surface area contributed by atoms with E-state index in [-0.39, 0.29) is 10.5 Å². The Hall–Kier alpha value is -1.14. The van der Waals surface area contributed by atoms with Crippen LogP contribution in [0.25, 0.3) is 0 Å². The number of rotatable bonds is 3. The first-order valence-corrected chi connectivity index (χ1v) is 6.39. The Labute approximate surface area is 129 Å². The van der Waals surface area contributed by atoms with Crippen LogP contribution in [-0.2, 0) is 4.94 Å². The van der Waals surface area contributed by atoms with Crippen LogP contribution < -0.4 is 5.43 Å². The molecule has 9 heteroatoms. The Morgan fingerprint density at radius 2 is 1.89 bits per heavy atom. The molecule has 0 saturated carbocycles. The summed E-state index contributed by atoms with van der Waals surface area (Å²) >= 11 is 23.4. The van der Waals surface area contributed by atoms with Crippen LogP contribution in [0.4, 0.5) is 0 Å². The molecular weight excluding hydrogens is 334 g/mol. The van der Waals surface area contributed by atoms with Gasteiger partial charge in [-0.2, -0.15) is 0 Å². The topological polar surface area (TPSA) is 49.2 Å². The zero-order chi connectivity index (χ0) is 13.8. The number of halogens is 4. The fraction of sp³-hybridized carbons (Fsp3) is 0. The van der Waals surface area contributed by atoms with Gasteiger partial charge in [0, 0.05) is 5.56 Å². The van der Waals surface area contributed by atoms with Crippen molar-refractivity contribution >= 4 is 57.9 Å². The maximum Gasteiger partial charge on any atom is 0.257 e. The molecule has 1 aromatic carbocycles. The van der Waals surface area contributed by atoms with Crippen molar-refractivity contribution in [2.75, 3.05) is 0 Å². The zero-order valence-corrected chi connectivity index (χ0v) is 12.2. The van der Waals surface area contributed by atoms with Gasteiger partial charge in [-0.05, 0) is 23.7 Å². The average molecular weight is 340 g/mol. The Balaban J connectivity index is 2.08. The lowest BCUT2D eigenvalue weighted by Gasteiger charge is -2.17. The van der Waals surface area contributed by atoms with E-state index in [1.54, 1.807) is 18.2 Å². The van der Waals surface area contributed by atoms with E-state index >= 15 is 0 Å². The number of oxime groups is 1. The smallest absolute Gasteiger partial charge is 0.257 e. The van der Waals surface area contributed by atoms with E-state index in [4.69, 9.17) is 51.3 Å². The van der Waals surface area contributed by atoms with Gasteiger partial charge in [-0.15, -0.1) is 10.2 Å². The first kappa shape index (κ1) is 14.3. The number of benzene rings is 1. The van der Waals surface area contributed by atoms with E-state index < -0.39 is 0 Å². The summed E-state index contributed by atoms with van der Waals surface area (Å²) in [5, 5.41) is 9.60. The summed E-state index contributed by atoms with van der Waals surface area (Å²) in [6.07, 6.45) is 2.72.